The van der Waals surface area contributed by atoms with E-state index in [1.165, 1.54) is 5.56 Å². The van der Waals surface area contributed by atoms with E-state index in [-0.39, 0.29) is 6.10 Å². The molecule has 5 nitrogen and oxygen atoms in total. The molecule has 1 aromatic heterocycles. The quantitative estimate of drug-likeness (QED) is 0.897. The molecule has 112 valence electrons. The van der Waals surface area contributed by atoms with Crippen LogP contribution >= 0.6 is 0 Å². The fourth-order valence-electron chi connectivity index (χ4n) is 2.89. The third-order valence-corrected chi connectivity index (χ3v) is 3.95. The zero-order valence-electron chi connectivity index (χ0n) is 13.2. The van der Waals surface area contributed by atoms with E-state index in [9.17, 15) is 0 Å². The van der Waals surface area contributed by atoms with E-state index >= 15 is 0 Å². The van der Waals surface area contributed by atoms with Crippen molar-refractivity contribution in [3.63, 3.8) is 0 Å². The van der Waals surface area contributed by atoms with Crippen molar-refractivity contribution in [2.24, 2.45) is 0 Å². The van der Waals surface area contributed by atoms with Gasteiger partial charge >= 0.3 is 0 Å². The minimum Gasteiger partial charge on any atom is -0.376 e. The first kappa shape index (κ1) is 15.0. The lowest BCUT2D eigenvalue weighted by Crippen LogP contribution is -2.38. The van der Waals surface area contributed by atoms with E-state index in [1.54, 1.807) is 6.33 Å². The molecule has 0 spiro atoms. The second-order valence-corrected chi connectivity index (χ2v) is 5.69. The average Bonchev–Trinajstić information content (AvgIpc) is 2.84. The molecule has 2 unspecified atom stereocenters. The Balaban J connectivity index is 2.37. The predicted molar refractivity (Wildman–Crippen MR) is 82.5 cm³/mol. The highest BCUT2D eigenvalue weighted by molar-refractivity contribution is 5.60. The molecule has 20 heavy (non-hydrogen) atoms. The number of hydrogen-bond donors (Lipinski definition) is 1. The van der Waals surface area contributed by atoms with E-state index < -0.39 is 0 Å². The van der Waals surface area contributed by atoms with Gasteiger partial charge in [0.1, 0.15) is 18.0 Å². The summed E-state index contributed by atoms with van der Waals surface area (Å²) >= 11 is 0. The van der Waals surface area contributed by atoms with Crippen LogP contribution in [-0.2, 0) is 4.74 Å². The van der Waals surface area contributed by atoms with Crippen molar-refractivity contribution < 1.29 is 4.74 Å². The molecule has 2 heterocycles. The Morgan fingerprint density at radius 1 is 1.45 bits per heavy atom. The van der Waals surface area contributed by atoms with E-state index in [0.717, 1.165) is 31.2 Å². The second kappa shape index (κ2) is 6.39. The highest BCUT2D eigenvalue weighted by Gasteiger charge is 2.30. The van der Waals surface area contributed by atoms with Crippen molar-refractivity contribution in [2.75, 3.05) is 30.4 Å². The van der Waals surface area contributed by atoms with Crippen LogP contribution in [-0.4, -0.2) is 42.3 Å². The summed E-state index contributed by atoms with van der Waals surface area (Å²) in [5.74, 6) is 2.35. The Labute approximate surface area is 121 Å². The minimum absolute atomic E-state index is 0.248. The zero-order valence-corrected chi connectivity index (χ0v) is 13.2. The molecule has 0 aliphatic carbocycles. The number of anilines is 2. The summed E-state index contributed by atoms with van der Waals surface area (Å²) in [5, 5.41) is 3.35. The maximum Gasteiger partial charge on any atom is 0.137 e. The highest BCUT2D eigenvalue weighted by atomic mass is 16.5. The Kier molecular flexibility index (Phi) is 4.81. The molecule has 1 saturated heterocycles. The number of likely N-dealkylation sites (N-methyl/N-ethyl adjacent to an activating group) is 1. The number of rotatable bonds is 5. The van der Waals surface area contributed by atoms with Gasteiger partial charge in [-0.3, -0.25) is 0 Å². The van der Waals surface area contributed by atoms with Gasteiger partial charge in [0.05, 0.1) is 12.1 Å². The Hall–Kier alpha value is -1.36. The van der Waals surface area contributed by atoms with Gasteiger partial charge in [0.2, 0.25) is 0 Å². The number of hydrogen-bond acceptors (Lipinski definition) is 5. The summed E-state index contributed by atoms with van der Waals surface area (Å²) < 4.78 is 5.69. The van der Waals surface area contributed by atoms with Gasteiger partial charge in [-0.2, -0.15) is 0 Å². The summed E-state index contributed by atoms with van der Waals surface area (Å²) in [4.78, 5) is 11.2. The molecular weight excluding hydrogens is 252 g/mol. The molecule has 5 heteroatoms. The first-order valence-corrected chi connectivity index (χ1v) is 7.49. The third kappa shape index (κ3) is 2.87. The van der Waals surface area contributed by atoms with Crippen LogP contribution in [0.5, 0.6) is 0 Å². The first-order chi connectivity index (χ1) is 9.56. The molecule has 0 radical (unpaired) electrons. The van der Waals surface area contributed by atoms with Gasteiger partial charge in [0.25, 0.3) is 0 Å². The maximum atomic E-state index is 5.69. The summed E-state index contributed by atoms with van der Waals surface area (Å²) in [6.45, 7) is 10.3. The van der Waals surface area contributed by atoms with Gasteiger partial charge < -0.3 is 15.0 Å². The van der Waals surface area contributed by atoms with Crippen LogP contribution in [0, 0.1) is 0 Å². The van der Waals surface area contributed by atoms with E-state index in [0.29, 0.717) is 12.0 Å². The van der Waals surface area contributed by atoms with Crippen LogP contribution in [0.25, 0.3) is 0 Å². The van der Waals surface area contributed by atoms with Gasteiger partial charge in [0, 0.05) is 25.8 Å². The van der Waals surface area contributed by atoms with E-state index in [4.69, 9.17) is 4.74 Å². The zero-order chi connectivity index (χ0) is 14.7. The fraction of sp³-hybridized carbons (Fsp3) is 0.733. The van der Waals surface area contributed by atoms with Crippen molar-refractivity contribution in [2.45, 2.75) is 52.2 Å². The lowest BCUT2D eigenvalue weighted by atomic mass is 10.0. The van der Waals surface area contributed by atoms with Gasteiger partial charge in [0.15, 0.2) is 0 Å². The van der Waals surface area contributed by atoms with Gasteiger partial charge in [-0.25, -0.2) is 9.97 Å². The molecule has 2 rings (SSSR count). The van der Waals surface area contributed by atoms with Crippen molar-refractivity contribution in [1.82, 2.24) is 9.97 Å². The maximum absolute atomic E-state index is 5.69. The molecule has 1 aliphatic rings. The Morgan fingerprint density at radius 2 is 2.20 bits per heavy atom. The molecule has 1 aromatic rings. The van der Waals surface area contributed by atoms with Crippen LogP contribution in [0.2, 0.25) is 0 Å². The number of ether oxygens (including phenoxy) is 1. The van der Waals surface area contributed by atoms with Crippen LogP contribution in [0.4, 0.5) is 11.6 Å². The lowest BCUT2D eigenvalue weighted by Gasteiger charge is -2.30. The smallest absolute Gasteiger partial charge is 0.137 e. The molecule has 0 aromatic carbocycles. The average molecular weight is 278 g/mol. The van der Waals surface area contributed by atoms with Crippen LogP contribution in [0.15, 0.2) is 6.33 Å². The van der Waals surface area contributed by atoms with Crippen molar-refractivity contribution in [1.29, 1.82) is 0 Å². The normalized spacial score (nSPS) is 22.3. The monoisotopic (exact) mass is 278 g/mol. The SMILES string of the molecule is CCNc1ncnc(N(C)C2CCOC2C)c1C(C)C. The summed E-state index contributed by atoms with van der Waals surface area (Å²) in [6.07, 6.45) is 2.95. The molecule has 0 bridgehead atoms. The molecule has 2 atom stereocenters. The largest absolute Gasteiger partial charge is 0.376 e. The van der Waals surface area contributed by atoms with Crippen molar-refractivity contribution in [3.8, 4) is 0 Å². The summed E-state index contributed by atoms with van der Waals surface area (Å²) in [6, 6.07) is 0.386. The predicted octanol–water partition coefficient (Wildman–Crippen LogP) is 2.65. The Bertz CT molecular complexity index is 449. The minimum atomic E-state index is 0.248. The first-order valence-electron chi connectivity index (χ1n) is 7.49. The van der Waals surface area contributed by atoms with E-state index in [2.05, 4.69) is 54.9 Å². The topological polar surface area (TPSA) is 50.3 Å². The van der Waals surface area contributed by atoms with E-state index in [1.807, 2.05) is 0 Å². The Morgan fingerprint density at radius 3 is 2.75 bits per heavy atom. The molecule has 1 N–H and O–H groups in total. The summed E-state index contributed by atoms with van der Waals surface area (Å²) in [7, 11) is 2.11. The summed E-state index contributed by atoms with van der Waals surface area (Å²) in [5.41, 5.74) is 1.19. The van der Waals surface area contributed by atoms with Crippen LogP contribution in [0.1, 0.15) is 45.6 Å². The van der Waals surface area contributed by atoms with Crippen molar-refractivity contribution >= 4 is 11.6 Å². The molecule has 0 amide bonds. The van der Waals surface area contributed by atoms with Crippen LogP contribution < -0.4 is 10.2 Å². The molecule has 0 saturated carbocycles. The highest BCUT2D eigenvalue weighted by Crippen LogP contribution is 2.33. The number of nitrogens with one attached hydrogen (secondary N) is 1. The fourth-order valence-corrected chi connectivity index (χ4v) is 2.89. The number of aromatic nitrogens is 2. The number of nitrogens with zero attached hydrogens (tertiary/aromatic N) is 3. The van der Waals surface area contributed by atoms with Crippen molar-refractivity contribution in [3.05, 3.63) is 11.9 Å². The molecule has 1 fully saturated rings. The second-order valence-electron chi connectivity index (χ2n) is 5.69. The van der Waals surface area contributed by atoms with Gasteiger partial charge in [-0.15, -0.1) is 0 Å². The van der Waals surface area contributed by atoms with Crippen LogP contribution in [0.3, 0.4) is 0 Å². The third-order valence-electron chi connectivity index (χ3n) is 3.95. The standard InChI is InChI=1S/C15H26N4O/c1-6-16-14-13(10(2)3)15(18-9-17-14)19(5)12-7-8-20-11(12)4/h9-12H,6-8H2,1-5H3,(H,16,17,18). The molecule has 1 aliphatic heterocycles. The lowest BCUT2D eigenvalue weighted by molar-refractivity contribution is 0.118. The van der Waals surface area contributed by atoms with Gasteiger partial charge in [-0.05, 0) is 26.2 Å². The molecular formula is C15H26N4O. The van der Waals surface area contributed by atoms with Gasteiger partial charge in [-0.1, -0.05) is 13.8 Å².